The molecule has 90 valence electrons. The number of aryl methyl sites for hydroxylation is 2. The average Bonchev–Trinajstić information content (AvgIpc) is 2.83. The van der Waals surface area contributed by atoms with Crippen molar-refractivity contribution in [2.75, 3.05) is 11.9 Å². The second-order valence-corrected chi connectivity index (χ2v) is 3.93. The molecule has 2 rings (SSSR count). The Balaban J connectivity index is 1.73. The van der Waals surface area contributed by atoms with Crippen LogP contribution in [0.3, 0.4) is 0 Å². The van der Waals surface area contributed by atoms with E-state index in [-0.39, 0.29) is 0 Å². The van der Waals surface area contributed by atoms with Crippen molar-refractivity contribution < 1.29 is 0 Å². The van der Waals surface area contributed by atoms with Crippen molar-refractivity contribution in [2.45, 2.75) is 26.3 Å². The molecule has 0 bridgehead atoms. The lowest BCUT2D eigenvalue weighted by Gasteiger charge is -2.06. The first-order valence-electron chi connectivity index (χ1n) is 6.05. The van der Waals surface area contributed by atoms with E-state index in [1.807, 2.05) is 18.2 Å². The lowest BCUT2D eigenvalue weighted by atomic mass is 10.2. The van der Waals surface area contributed by atoms with Crippen LogP contribution in [0.5, 0.6) is 0 Å². The molecule has 0 saturated heterocycles. The fraction of sp³-hybridized carbons (Fsp3) is 0.385. The summed E-state index contributed by atoms with van der Waals surface area (Å²) in [6, 6.07) is 10.3. The van der Waals surface area contributed by atoms with Gasteiger partial charge in [0.2, 0.25) is 0 Å². The first-order chi connectivity index (χ1) is 8.40. The van der Waals surface area contributed by atoms with Gasteiger partial charge in [0.15, 0.2) is 0 Å². The van der Waals surface area contributed by atoms with Crippen LogP contribution in [-0.2, 0) is 13.0 Å². The predicted molar refractivity (Wildman–Crippen MR) is 68.9 cm³/mol. The van der Waals surface area contributed by atoms with Gasteiger partial charge in [-0.15, -0.1) is 10.2 Å². The van der Waals surface area contributed by atoms with Crippen LogP contribution in [0.25, 0.3) is 0 Å². The molecule has 2 aromatic rings. The zero-order chi connectivity index (χ0) is 11.9. The van der Waals surface area contributed by atoms with Gasteiger partial charge < -0.3 is 9.88 Å². The van der Waals surface area contributed by atoms with Crippen LogP contribution in [0.15, 0.2) is 36.7 Å². The number of benzene rings is 1. The third-order valence-corrected chi connectivity index (χ3v) is 2.72. The van der Waals surface area contributed by atoms with Gasteiger partial charge in [-0.25, -0.2) is 0 Å². The quantitative estimate of drug-likeness (QED) is 0.775. The van der Waals surface area contributed by atoms with Crippen molar-refractivity contribution >= 4 is 5.69 Å². The first-order valence-corrected chi connectivity index (χ1v) is 6.05. The molecule has 0 radical (unpaired) electrons. The van der Waals surface area contributed by atoms with Crippen LogP contribution in [0.2, 0.25) is 0 Å². The summed E-state index contributed by atoms with van der Waals surface area (Å²) in [5.74, 6) is 1.07. The average molecular weight is 230 g/mol. The summed E-state index contributed by atoms with van der Waals surface area (Å²) >= 11 is 0. The molecule has 1 heterocycles. The Labute approximate surface area is 102 Å². The second kappa shape index (κ2) is 6.03. The number of aromatic nitrogens is 3. The maximum atomic E-state index is 4.12. The first kappa shape index (κ1) is 11.6. The highest BCUT2D eigenvalue weighted by molar-refractivity contribution is 5.42. The van der Waals surface area contributed by atoms with Gasteiger partial charge in [0, 0.05) is 25.2 Å². The molecule has 0 atom stereocenters. The molecule has 4 nitrogen and oxygen atoms in total. The molecule has 4 heteroatoms. The number of para-hydroxylation sites is 1. The van der Waals surface area contributed by atoms with E-state index in [4.69, 9.17) is 0 Å². The van der Waals surface area contributed by atoms with Gasteiger partial charge in [-0.3, -0.25) is 0 Å². The third kappa shape index (κ3) is 3.31. The lowest BCUT2D eigenvalue weighted by Crippen LogP contribution is -2.06. The standard InChI is InChI=1S/C13H18N4/c1-2-17-11-15-16-13(17)9-6-10-14-12-7-4-3-5-8-12/h3-5,7-8,11,14H,2,6,9-10H2,1H3. The van der Waals surface area contributed by atoms with Gasteiger partial charge in [-0.05, 0) is 25.5 Å². The van der Waals surface area contributed by atoms with Crippen molar-refractivity contribution in [3.8, 4) is 0 Å². The van der Waals surface area contributed by atoms with Crippen molar-refractivity contribution in [3.05, 3.63) is 42.5 Å². The van der Waals surface area contributed by atoms with Gasteiger partial charge >= 0.3 is 0 Å². The van der Waals surface area contributed by atoms with Gasteiger partial charge in [0.05, 0.1) is 0 Å². The SMILES string of the molecule is CCn1cnnc1CCCNc1ccccc1. The molecule has 0 saturated carbocycles. The molecule has 0 fully saturated rings. The van der Waals surface area contributed by atoms with E-state index in [0.717, 1.165) is 31.8 Å². The van der Waals surface area contributed by atoms with Crippen LogP contribution in [0.4, 0.5) is 5.69 Å². The van der Waals surface area contributed by atoms with Crippen LogP contribution < -0.4 is 5.32 Å². The Bertz CT molecular complexity index is 436. The number of hydrogen-bond acceptors (Lipinski definition) is 3. The summed E-state index contributed by atoms with van der Waals surface area (Å²) in [6.45, 7) is 4.00. The van der Waals surface area contributed by atoms with Gasteiger partial charge in [0.25, 0.3) is 0 Å². The van der Waals surface area contributed by atoms with Gasteiger partial charge in [-0.2, -0.15) is 0 Å². The van der Waals surface area contributed by atoms with Crippen molar-refractivity contribution in [1.29, 1.82) is 0 Å². The number of anilines is 1. The molecule has 17 heavy (non-hydrogen) atoms. The third-order valence-electron chi connectivity index (χ3n) is 2.72. The van der Waals surface area contributed by atoms with Crippen LogP contribution in [0.1, 0.15) is 19.2 Å². The molecule has 0 aliphatic carbocycles. The summed E-state index contributed by atoms with van der Waals surface area (Å²) in [6.07, 6.45) is 3.82. The summed E-state index contributed by atoms with van der Waals surface area (Å²) < 4.78 is 2.09. The molecule has 0 unspecified atom stereocenters. The van der Waals surface area contributed by atoms with Crippen LogP contribution in [0, 0.1) is 0 Å². The number of nitrogens with one attached hydrogen (secondary N) is 1. The number of nitrogens with zero attached hydrogens (tertiary/aromatic N) is 3. The lowest BCUT2D eigenvalue weighted by molar-refractivity contribution is 0.676. The molecule has 0 amide bonds. The van der Waals surface area contributed by atoms with E-state index >= 15 is 0 Å². The monoisotopic (exact) mass is 230 g/mol. The zero-order valence-corrected chi connectivity index (χ0v) is 10.1. The maximum Gasteiger partial charge on any atom is 0.132 e. The van der Waals surface area contributed by atoms with E-state index in [9.17, 15) is 0 Å². The van der Waals surface area contributed by atoms with Crippen molar-refractivity contribution in [2.24, 2.45) is 0 Å². The molecular formula is C13H18N4. The summed E-state index contributed by atoms with van der Waals surface area (Å²) in [7, 11) is 0. The summed E-state index contributed by atoms with van der Waals surface area (Å²) in [5.41, 5.74) is 1.17. The highest BCUT2D eigenvalue weighted by Gasteiger charge is 2.01. The minimum absolute atomic E-state index is 0.939. The minimum Gasteiger partial charge on any atom is -0.385 e. The van der Waals surface area contributed by atoms with Gasteiger partial charge in [-0.1, -0.05) is 18.2 Å². The highest BCUT2D eigenvalue weighted by atomic mass is 15.3. The summed E-state index contributed by atoms with van der Waals surface area (Å²) in [5, 5.41) is 11.4. The largest absolute Gasteiger partial charge is 0.385 e. The summed E-state index contributed by atoms with van der Waals surface area (Å²) in [4.78, 5) is 0. The van der Waals surface area contributed by atoms with E-state index in [2.05, 4.69) is 39.1 Å². The van der Waals surface area contributed by atoms with Crippen molar-refractivity contribution in [3.63, 3.8) is 0 Å². The Kier molecular flexibility index (Phi) is 4.13. The second-order valence-electron chi connectivity index (χ2n) is 3.93. The van der Waals surface area contributed by atoms with Crippen LogP contribution in [-0.4, -0.2) is 21.3 Å². The van der Waals surface area contributed by atoms with E-state index in [0.29, 0.717) is 0 Å². The number of rotatable bonds is 6. The maximum absolute atomic E-state index is 4.12. The predicted octanol–water partition coefficient (Wildman–Crippen LogP) is 2.34. The van der Waals surface area contributed by atoms with Gasteiger partial charge in [0.1, 0.15) is 12.2 Å². The van der Waals surface area contributed by atoms with E-state index in [1.54, 1.807) is 6.33 Å². The fourth-order valence-corrected chi connectivity index (χ4v) is 1.77. The van der Waals surface area contributed by atoms with Crippen LogP contribution >= 0.6 is 0 Å². The Morgan fingerprint density at radius 3 is 2.82 bits per heavy atom. The molecule has 1 aromatic carbocycles. The minimum atomic E-state index is 0.939. The molecule has 0 aliphatic rings. The van der Waals surface area contributed by atoms with Crippen molar-refractivity contribution in [1.82, 2.24) is 14.8 Å². The molecule has 0 aliphatic heterocycles. The smallest absolute Gasteiger partial charge is 0.132 e. The molecule has 0 spiro atoms. The Morgan fingerprint density at radius 2 is 2.06 bits per heavy atom. The number of hydrogen-bond donors (Lipinski definition) is 1. The van der Waals surface area contributed by atoms with E-state index < -0.39 is 0 Å². The molecule has 1 aromatic heterocycles. The normalized spacial score (nSPS) is 10.4. The zero-order valence-electron chi connectivity index (χ0n) is 10.1. The Hall–Kier alpha value is -1.84. The topological polar surface area (TPSA) is 42.7 Å². The van der Waals surface area contributed by atoms with E-state index in [1.165, 1.54) is 5.69 Å². The highest BCUT2D eigenvalue weighted by Crippen LogP contribution is 2.05. The Morgan fingerprint density at radius 1 is 1.24 bits per heavy atom. The fourth-order valence-electron chi connectivity index (χ4n) is 1.77. The molecule has 1 N–H and O–H groups in total. The molecular weight excluding hydrogens is 212 g/mol.